The first kappa shape index (κ1) is 15.2. The number of aliphatic hydroxyl groups is 1. The maximum absolute atomic E-state index is 13.5. The highest BCUT2D eigenvalue weighted by Gasteiger charge is 2.33. The van der Waals surface area contributed by atoms with Gasteiger partial charge in [0.1, 0.15) is 17.1 Å². The standard InChI is InChI=1S/C15H17FN2O3S/c1-21-10-6-9(16)7-11-13(10)18-14(22-11)17-12(19)8-15(20)4-2-3-5-15/h6-7,20H,2-5,8H2,1H3,(H,17,18,19). The fraction of sp³-hybridized carbons (Fsp3) is 0.467. The predicted molar refractivity (Wildman–Crippen MR) is 82.8 cm³/mol. The van der Waals surface area contributed by atoms with Gasteiger partial charge in [-0.2, -0.15) is 0 Å². The molecule has 0 aliphatic heterocycles. The number of benzene rings is 1. The van der Waals surface area contributed by atoms with Gasteiger partial charge in [-0.05, 0) is 18.9 Å². The number of aromatic nitrogens is 1. The summed E-state index contributed by atoms with van der Waals surface area (Å²) in [5.74, 6) is -0.352. The molecule has 0 saturated heterocycles. The van der Waals surface area contributed by atoms with Crippen LogP contribution >= 0.6 is 11.3 Å². The zero-order valence-corrected chi connectivity index (χ0v) is 13.0. The Labute approximate surface area is 131 Å². The molecule has 1 saturated carbocycles. The zero-order chi connectivity index (χ0) is 15.7. The summed E-state index contributed by atoms with van der Waals surface area (Å²) in [7, 11) is 1.45. The van der Waals surface area contributed by atoms with E-state index in [4.69, 9.17) is 4.74 Å². The third-order valence-electron chi connectivity index (χ3n) is 3.91. The van der Waals surface area contributed by atoms with Crippen molar-refractivity contribution in [2.75, 3.05) is 12.4 Å². The van der Waals surface area contributed by atoms with E-state index in [-0.39, 0.29) is 12.3 Å². The summed E-state index contributed by atoms with van der Waals surface area (Å²) in [6.07, 6.45) is 3.26. The second-order valence-electron chi connectivity index (χ2n) is 5.63. The molecule has 0 atom stereocenters. The lowest BCUT2D eigenvalue weighted by Gasteiger charge is -2.20. The predicted octanol–water partition coefficient (Wildman–Crippen LogP) is 3.08. The first-order valence-electron chi connectivity index (χ1n) is 7.15. The number of rotatable bonds is 4. The van der Waals surface area contributed by atoms with Gasteiger partial charge in [-0.15, -0.1) is 0 Å². The van der Waals surface area contributed by atoms with E-state index in [1.54, 1.807) is 0 Å². The molecule has 1 aliphatic carbocycles. The molecule has 0 unspecified atom stereocenters. The Balaban J connectivity index is 1.77. The maximum Gasteiger partial charge on any atom is 0.229 e. The van der Waals surface area contributed by atoms with Gasteiger partial charge in [0.25, 0.3) is 0 Å². The number of thiazole rings is 1. The van der Waals surface area contributed by atoms with Gasteiger partial charge in [0.15, 0.2) is 5.13 Å². The Kier molecular flexibility index (Phi) is 4.01. The number of hydrogen-bond acceptors (Lipinski definition) is 5. The van der Waals surface area contributed by atoms with Gasteiger partial charge in [0.2, 0.25) is 5.91 Å². The van der Waals surface area contributed by atoms with E-state index in [1.165, 1.54) is 30.6 Å². The number of methoxy groups -OCH3 is 1. The number of nitrogens with zero attached hydrogens (tertiary/aromatic N) is 1. The van der Waals surface area contributed by atoms with Crippen LogP contribution in [0.4, 0.5) is 9.52 Å². The molecule has 2 N–H and O–H groups in total. The Hall–Kier alpha value is -1.73. The number of nitrogens with one attached hydrogen (secondary N) is 1. The number of carbonyl (C=O) groups excluding carboxylic acids is 1. The van der Waals surface area contributed by atoms with Crippen LogP contribution < -0.4 is 10.1 Å². The summed E-state index contributed by atoms with van der Waals surface area (Å²) >= 11 is 1.18. The summed E-state index contributed by atoms with van der Waals surface area (Å²) in [6, 6.07) is 2.62. The summed E-state index contributed by atoms with van der Waals surface area (Å²) in [5, 5.41) is 13.3. The van der Waals surface area contributed by atoms with Crippen LogP contribution in [0.1, 0.15) is 32.1 Å². The molecule has 3 rings (SSSR count). The Bertz CT molecular complexity index is 710. The van der Waals surface area contributed by atoms with Crippen LogP contribution in [0.2, 0.25) is 0 Å². The SMILES string of the molecule is COc1cc(F)cc2sc(NC(=O)CC3(O)CCCC3)nc12. The van der Waals surface area contributed by atoms with Crippen molar-refractivity contribution in [3.05, 3.63) is 17.9 Å². The minimum absolute atomic E-state index is 0.0639. The third-order valence-corrected chi connectivity index (χ3v) is 4.83. The number of ether oxygens (including phenoxy) is 1. The van der Waals surface area contributed by atoms with Gasteiger partial charge in [-0.1, -0.05) is 24.2 Å². The van der Waals surface area contributed by atoms with E-state index in [2.05, 4.69) is 10.3 Å². The molecule has 22 heavy (non-hydrogen) atoms. The number of fused-ring (bicyclic) bond motifs is 1. The van der Waals surface area contributed by atoms with E-state index in [0.717, 1.165) is 12.8 Å². The highest BCUT2D eigenvalue weighted by atomic mass is 32.1. The van der Waals surface area contributed by atoms with Gasteiger partial charge < -0.3 is 15.2 Å². The van der Waals surface area contributed by atoms with E-state index >= 15 is 0 Å². The Morgan fingerprint density at radius 1 is 1.50 bits per heavy atom. The van der Waals surface area contributed by atoms with Crippen molar-refractivity contribution in [1.82, 2.24) is 4.98 Å². The summed E-state index contributed by atoms with van der Waals surface area (Å²) in [4.78, 5) is 16.3. The number of hydrogen-bond donors (Lipinski definition) is 2. The van der Waals surface area contributed by atoms with Crippen molar-refractivity contribution in [2.45, 2.75) is 37.7 Å². The van der Waals surface area contributed by atoms with Gasteiger partial charge in [0.05, 0.1) is 23.8 Å². The van der Waals surface area contributed by atoms with Crippen LogP contribution in [0.5, 0.6) is 5.75 Å². The molecule has 2 aromatic rings. The molecule has 118 valence electrons. The van der Waals surface area contributed by atoms with Crippen molar-refractivity contribution in [1.29, 1.82) is 0 Å². The molecular formula is C15H17FN2O3S. The van der Waals surface area contributed by atoms with Crippen LogP contribution in [0, 0.1) is 5.82 Å². The fourth-order valence-electron chi connectivity index (χ4n) is 2.85. The summed E-state index contributed by atoms with van der Waals surface area (Å²) < 4.78 is 19.2. The average Bonchev–Trinajstić information content (AvgIpc) is 3.03. The van der Waals surface area contributed by atoms with E-state index < -0.39 is 11.4 Å². The molecule has 0 radical (unpaired) electrons. The fourth-order valence-corrected chi connectivity index (χ4v) is 3.77. The molecule has 7 heteroatoms. The lowest BCUT2D eigenvalue weighted by Crippen LogP contribution is -2.30. The largest absolute Gasteiger partial charge is 0.494 e. The van der Waals surface area contributed by atoms with Crippen LogP contribution in [0.3, 0.4) is 0 Å². The van der Waals surface area contributed by atoms with Crippen LogP contribution in [0.15, 0.2) is 12.1 Å². The topological polar surface area (TPSA) is 71.5 Å². The molecule has 1 aliphatic rings. The van der Waals surface area contributed by atoms with Crippen molar-refractivity contribution < 1.29 is 19.0 Å². The van der Waals surface area contributed by atoms with Gasteiger partial charge in [-0.3, -0.25) is 4.79 Å². The highest BCUT2D eigenvalue weighted by Crippen LogP contribution is 2.35. The van der Waals surface area contributed by atoms with Crippen LogP contribution in [-0.2, 0) is 4.79 Å². The number of anilines is 1. The number of amides is 1. The minimum Gasteiger partial charge on any atom is -0.494 e. The quantitative estimate of drug-likeness (QED) is 0.906. The van der Waals surface area contributed by atoms with Crippen LogP contribution in [-0.4, -0.2) is 28.7 Å². The Morgan fingerprint density at radius 2 is 2.23 bits per heavy atom. The minimum atomic E-state index is -0.898. The smallest absolute Gasteiger partial charge is 0.229 e. The normalized spacial score (nSPS) is 16.9. The van der Waals surface area contributed by atoms with Gasteiger partial charge >= 0.3 is 0 Å². The van der Waals surface area contributed by atoms with E-state index in [0.29, 0.717) is 33.9 Å². The lowest BCUT2D eigenvalue weighted by molar-refractivity contribution is -0.120. The zero-order valence-electron chi connectivity index (χ0n) is 12.2. The third kappa shape index (κ3) is 3.05. The monoisotopic (exact) mass is 324 g/mol. The van der Waals surface area contributed by atoms with Crippen molar-refractivity contribution in [2.24, 2.45) is 0 Å². The second kappa shape index (κ2) is 5.81. The van der Waals surface area contributed by atoms with E-state index in [1.807, 2.05) is 0 Å². The lowest BCUT2D eigenvalue weighted by atomic mass is 9.98. The molecular weight excluding hydrogens is 307 g/mol. The first-order valence-corrected chi connectivity index (χ1v) is 7.97. The van der Waals surface area contributed by atoms with Gasteiger partial charge in [0, 0.05) is 6.07 Å². The molecule has 0 bridgehead atoms. The molecule has 0 spiro atoms. The Morgan fingerprint density at radius 3 is 2.91 bits per heavy atom. The highest BCUT2D eigenvalue weighted by molar-refractivity contribution is 7.22. The first-order chi connectivity index (χ1) is 10.5. The van der Waals surface area contributed by atoms with Crippen molar-refractivity contribution in [3.63, 3.8) is 0 Å². The average molecular weight is 324 g/mol. The second-order valence-corrected chi connectivity index (χ2v) is 6.66. The molecule has 1 heterocycles. The van der Waals surface area contributed by atoms with Crippen molar-refractivity contribution >= 4 is 32.6 Å². The summed E-state index contributed by atoms with van der Waals surface area (Å²) in [5.41, 5.74) is -0.381. The molecule has 5 nitrogen and oxygen atoms in total. The summed E-state index contributed by atoms with van der Waals surface area (Å²) in [6.45, 7) is 0. The van der Waals surface area contributed by atoms with Crippen LogP contribution in [0.25, 0.3) is 10.2 Å². The van der Waals surface area contributed by atoms with E-state index in [9.17, 15) is 14.3 Å². The molecule has 1 aromatic carbocycles. The van der Waals surface area contributed by atoms with Gasteiger partial charge in [-0.25, -0.2) is 9.37 Å². The number of carbonyl (C=O) groups is 1. The molecule has 1 aromatic heterocycles. The number of halogens is 1. The molecule has 1 amide bonds. The maximum atomic E-state index is 13.5. The molecule has 1 fully saturated rings. The van der Waals surface area contributed by atoms with Crippen molar-refractivity contribution in [3.8, 4) is 5.75 Å².